The van der Waals surface area contributed by atoms with Crippen LogP contribution in [-0.4, -0.2) is 16.1 Å². The van der Waals surface area contributed by atoms with E-state index in [1.165, 1.54) is 12.5 Å². The minimum absolute atomic E-state index is 0.284. The van der Waals surface area contributed by atoms with Gasteiger partial charge in [0.15, 0.2) is 0 Å². The summed E-state index contributed by atoms with van der Waals surface area (Å²) in [5.74, 6) is 0.302. The van der Waals surface area contributed by atoms with Crippen LogP contribution in [0.2, 0.25) is 0 Å². The standard InChI is InChI=1S/C8H14N2O2/c1-2-3-6(9)7(11)8-10-4-5-12-8/h4-7,11H,2-3,9H2,1H3. The Labute approximate surface area is 71.4 Å². The molecule has 0 aliphatic heterocycles. The van der Waals surface area contributed by atoms with Crippen LogP contribution in [0.4, 0.5) is 0 Å². The van der Waals surface area contributed by atoms with E-state index in [1.54, 1.807) is 0 Å². The zero-order valence-electron chi connectivity index (χ0n) is 7.10. The number of oxazole rings is 1. The van der Waals surface area contributed by atoms with Crippen LogP contribution < -0.4 is 5.73 Å². The van der Waals surface area contributed by atoms with Crippen LogP contribution in [0.1, 0.15) is 31.8 Å². The van der Waals surface area contributed by atoms with E-state index in [4.69, 9.17) is 10.2 Å². The molecule has 4 nitrogen and oxygen atoms in total. The van der Waals surface area contributed by atoms with E-state index in [9.17, 15) is 5.11 Å². The number of nitrogens with two attached hydrogens (primary N) is 1. The molecule has 0 aliphatic rings. The van der Waals surface area contributed by atoms with Crippen molar-refractivity contribution in [3.8, 4) is 0 Å². The molecule has 0 bridgehead atoms. The molecule has 0 aliphatic carbocycles. The first-order valence-corrected chi connectivity index (χ1v) is 4.08. The molecular weight excluding hydrogens is 156 g/mol. The molecule has 3 N–H and O–H groups in total. The normalized spacial score (nSPS) is 15.9. The molecular formula is C8H14N2O2. The van der Waals surface area contributed by atoms with Gasteiger partial charge in [-0.1, -0.05) is 13.3 Å². The monoisotopic (exact) mass is 170 g/mol. The van der Waals surface area contributed by atoms with Crippen molar-refractivity contribution in [3.05, 3.63) is 18.4 Å². The zero-order chi connectivity index (χ0) is 8.97. The van der Waals surface area contributed by atoms with E-state index < -0.39 is 6.10 Å². The average Bonchev–Trinajstić information content (AvgIpc) is 2.55. The number of aromatic nitrogens is 1. The van der Waals surface area contributed by atoms with Crippen LogP contribution in [-0.2, 0) is 0 Å². The lowest BCUT2D eigenvalue weighted by atomic mass is 10.1. The summed E-state index contributed by atoms with van der Waals surface area (Å²) in [4.78, 5) is 3.82. The van der Waals surface area contributed by atoms with Crippen molar-refractivity contribution in [2.24, 2.45) is 5.73 Å². The Morgan fingerprint density at radius 1 is 1.75 bits per heavy atom. The maximum atomic E-state index is 9.53. The molecule has 68 valence electrons. The molecule has 0 amide bonds. The van der Waals surface area contributed by atoms with Crippen molar-refractivity contribution in [1.82, 2.24) is 4.98 Å². The second kappa shape index (κ2) is 4.23. The Kier molecular flexibility index (Phi) is 3.25. The lowest BCUT2D eigenvalue weighted by Gasteiger charge is -2.14. The highest BCUT2D eigenvalue weighted by atomic mass is 16.4. The van der Waals surface area contributed by atoms with Gasteiger partial charge in [0.2, 0.25) is 5.89 Å². The number of aliphatic hydroxyl groups is 1. The van der Waals surface area contributed by atoms with Gasteiger partial charge in [-0.15, -0.1) is 0 Å². The summed E-state index contributed by atoms with van der Waals surface area (Å²) in [7, 11) is 0. The Balaban J connectivity index is 2.53. The average molecular weight is 170 g/mol. The summed E-state index contributed by atoms with van der Waals surface area (Å²) in [6.45, 7) is 2.02. The van der Waals surface area contributed by atoms with Gasteiger partial charge in [-0.3, -0.25) is 0 Å². The smallest absolute Gasteiger partial charge is 0.224 e. The minimum Gasteiger partial charge on any atom is -0.446 e. The molecule has 0 spiro atoms. The second-order valence-electron chi connectivity index (χ2n) is 2.77. The summed E-state index contributed by atoms with van der Waals surface area (Å²) in [5, 5.41) is 9.53. The predicted molar refractivity (Wildman–Crippen MR) is 44.3 cm³/mol. The van der Waals surface area contributed by atoms with E-state index in [-0.39, 0.29) is 6.04 Å². The van der Waals surface area contributed by atoms with Crippen LogP contribution in [0.15, 0.2) is 16.9 Å². The van der Waals surface area contributed by atoms with Gasteiger partial charge >= 0.3 is 0 Å². The molecule has 4 heteroatoms. The molecule has 1 heterocycles. The molecule has 0 saturated heterocycles. The Hall–Kier alpha value is -0.870. The third-order valence-electron chi connectivity index (χ3n) is 1.73. The molecule has 0 aromatic carbocycles. The molecule has 0 radical (unpaired) electrons. The summed E-state index contributed by atoms with van der Waals surface area (Å²) >= 11 is 0. The summed E-state index contributed by atoms with van der Waals surface area (Å²) in [6.07, 6.45) is 3.86. The largest absolute Gasteiger partial charge is 0.446 e. The molecule has 2 unspecified atom stereocenters. The Bertz CT molecular complexity index is 211. The van der Waals surface area contributed by atoms with Gasteiger partial charge in [-0.05, 0) is 6.42 Å². The van der Waals surface area contributed by atoms with Crippen molar-refractivity contribution in [2.75, 3.05) is 0 Å². The summed E-state index contributed by atoms with van der Waals surface area (Å²) in [5.41, 5.74) is 5.67. The van der Waals surface area contributed by atoms with Crippen LogP contribution in [0.3, 0.4) is 0 Å². The van der Waals surface area contributed by atoms with E-state index in [0.29, 0.717) is 5.89 Å². The third-order valence-corrected chi connectivity index (χ3v) is 1.73. The fourth-order valence-corrected chi connectivity index (χ4v) is 1.05. The maximum absolute atomic E-state index is 9.53. The lowest BCUT2D eigenvalue weighted by Crippen LogP contribution is -2.28. The molecule has 1 aromatic heterocycles. The number of hydrogen-bond acceptors (Lipinski definition) is 4. The quantitative estimate of drug-likeness (QED) is 0.702. The van der Waals surface area contributed by atoms with E-state index >= 15 is 0 Å². The van der Waals surface area contributed by atoms with E-state index in [0.717, 1.165) is 12.8 Å². The fourth-order valence-electron chi connectivity index (χ4n) is 1.05. The van der Waals surface area contributed by atoms with Crippen LogP contribution in [0.5, 0.6) is 0 Å². The molecule has 0 fully saturated rings. The van der Waals surface area contributed by atoms with Gasteiger partial charge in [0.05, 0.1) is 6.20 Å². The van der Waals surface area contributed by atoms with Gasteiger partial charge in [0, 0.05) is 6.04 Å². The van der Waals surface area contributed by atoms with Gasteiger partial charge in [-0.25, -0.2) is 4.98 Å². The lowest BCUT2D eigenvalue weighted by molar-refractivity contribution is 0.111. The van der Waals surface area contributed by atoms with Gasteiger partial charge < -0.3 is 15.3 Å². The highest BCUT2D eigenvalue weighted by Crippen LogP contribution is 2.15. The highest BCUT2D eigenvalue weighted by molar-refractivity contribution is 4.90. The molecule has 2 atom stereocenters. The van der Waals surface area contributed by atoms with Crippen molar-refractivity contribution in [1.29, 1.82) is 0 Å². The van der Waals surface area contributed by atoms with Crippen molar-refractivity contribution in [3.63, 3.8) is 0 Å². The molecule has 1 rings (SSSR count). The molecule has 1 aromatic rings. The van der Waals surface area contributed by atoms with Crippen molar-refractivity contribution >= 4 is 0 Å². The predicted octanol–water partition coefficient (Wildman–Crippen LogP) is 0.835. The van der Waals surface area contributed by atoms with Crippen molar-refractivity contribution in [2.45, 2.75) is 31.9 Å². The number of hydrogen-bond donors (Lipinski definition) is 2. The zero-order valence-corrected chi connectivity index (χ0v) is 7.10. The van der Waals surface area contributed by atoms with E-state index in [2.05, 4.69) is 4.98 Å². The Morgan fingerprint density at radius 3 is 3.00 bits per heavy atom. The van der Waals surface area contributed by atoms with Crippen molar-refractivity contribution < 1.29 is 9.52 Å². The highest BCUT2D eigenvalue weighted by Gasteiger charge is 2.19. The van der Waals surface area contributed by atoms with Gasteiger partial charge in [0.25, 0.3) is 0 Å². The SMILES string of the molecule is CCCC(N)C(O)c1ncco1. The van der Waals surface area contributed by atoms with Crippen LogP contribution >= 0.6 is 0 Å². The van der Waals surface area contributed by atoms with E-state index in [1.807, 2.05) is 6.92 Å². The number of aliphatic hydroxyl groups excluding tert-OH is 1. The fraction of sp³-hybridized carbons (Fsp3) is 0.625. The summed E-state index contributed by atoms with van der Waals surface area (Å²) in [6, 6.07) is -0.284. The summed E-state index contributed by atoms with van der Waals surface area (Å²) < 4.78 is 4.92. The Morgan fingerprint density at radius 2 is 2.50 bits per heavy atom. The minimum atomic E-state index is -0.778. The molecule has 12 heavy (non-hydrogen) atoms. The first kappa shape index (κ1) is 9.22. The first-order chi connectivity index (χ1) is 5.75. The number of nitrogens with zero attached hydrogens (tertiary/aromatic N) is 1. The van der Waals surface area contributed by atoms with Crippen LogP contribution in [0.25, 0.3) is 0 Å². The number of rotatable bonds is 4. The third kappa shape index (κ3) is 2.06. The second-order valence-corrected chi connectivity index (χ2v) is 2.77. The topological polar surface area (TPSA) is 72.3 Å². The first-order valence-electron chi connectivity index (χ1n) is 4.08. The van der Waals surface area contributed by atoms with Gasteiger partial charge in [-0.2, -0.15) is 0 Å². The maximum Gasteiger partial charge on any atom is 0.224 e. The van der Waals surface area contributed by atoms with Gasteiger partial charge in [0.1, 0.15) is 12.4 Å². The van der Waals surface area contributed by atoms with Crippen LogP contribution in [0, 0.1) is 0 Å². The molecule has 0 saturated carbocycles.